The Labute approximate surface area is 182 Å². The molecule has 2 fully saturated rings. The summed E-state index contributed by atoms with van der Waals surface area (Å²) in [5.41, 5.74) is 1.04. The van der Waals surface area contributed by atoms with Gasteiger partial charge in [0.05, 0.1) is 17.1 Å². The number of nitrogens with zero attached hydrogens (tertiary/aromatic N) is 2. The number of urea groups is 1. The smallest absolute Gasteiger partial charge is 0.325 e. The molecule has 1 aromatic heterocycles. The van der Waals surface area contributed by atoms with E-state index in [1.165, 1.54) is 4.90 Å². The Kier molecular flexibility index (Phi) is 5.98. The SMILES string of the molecule is CCC(C)C(NC(=O)CCN1C(=O)NC2(CCCCC2)C1=O)c1nc2ccccc2[nH]1. The van der Waals surface area contributed by atoms with E-state index in [2.05, 4.69) is 34.4 Å². The van der Waals surface area contributed by atoms with Crippen LogP contribution in [0.4, 0.5) is 4.79 Å². The number of rotatable bonds is 7. The van der Waals surface area contributed by atoms with Crippen molar-refractivity contribution in [2.45, 2.75) is 70.4 Å². The van der Waals surface area contributed by atoms with E-state index in [1.807, 2.05) is 24.3 Å². The minimum absolute atomic E-state index is 0.0718. The molecule has 3 N–H and O–H groups in total. The molecule has 31 heavy (non-hydrogen) atoms. The number of hydrogen-bond donors (Lipinski definition) is 3. The predicted molar refractivity (Wildman–Crippen MR) is 117 cm³/mol. The Morgan fingerprint density at radius 1 is 1.23 bits per heavy atom. The van der Waals surface area contributed by atoms with Crippen LogP contribution >= 0.6 is 0 Å². The van der Waals surface area contributed by atoms with Gasteiger partial charge in [0.25, 0.3) is 5.91 Å². The standard InChI is InChI=1S/C23H31N5O3/c1-3-15(2)19(20-24-16-9-5-6-10-17(16)25-20)26-18(29)11-14-28-21(30)23(27-22(28)31)12-7-4-8-13-23/h5-6,9-10,15,19H,3-4,7-8,11-14H2,1-2H3,(H,24,25)(H,26,29)(H,27,31). The number of imidazole rings is 1. The number of fused-ring (bicyclic) bond motifs is 1. The lowest BCUT2D eigenvalue weighted by atomic mass is 9.82. The summed E-state index contributed by atoms with van der Waals surface area (Å²) in [5.74, 6) is 0.517. The fourth-order valence-electron chi connectivity index (χ4n) is 4.67. The third-order valence-corrected chi connectivity index (χ3v) is 6.75. The number of para-hydroxylation sites is 2. The summed E-state index contributed by atoms with van der Waals surface area (Å²) < 4.78 is 0. The predicted octanol–water partition coefficient (Wildman–Crippen LogP) is 3.41. The van der Waals surface area contributed by atoms with Gasteiger partial charge in [-0.3, -0.25) is 14.5 Å². The molecule has 0 bridgehead atoms. The number of carbonyl (C=O) groups excluding carboxylic acids is 3. The van der Waals surface area contributed by atoms with Crippen LogP contribution in [0.1, 0.15) is 70.7 Å². The number of aromatic nitrogens is 2. The number of amides is 4. The Morgan fingerprint density at radius 3 is 2.68 bits per heavy atom. The summed E-state index contributed by atoms with van der Waals surface area (Å²) in [7, 11) is 0. The largest absolute Gasteiger partial charge is 0.346 e. The summed E-state index contributed by atoms with van der Waals surface area (Å²) in [6.07, 6.45) is 5.28. The lowest BCUT2D eigenvalue weighted by molar-refractivity contribution is -0.132. The summed E-state index contributed by atoms with van der Waals surface area (Å²) in [6.45, 7) is 4.23. The van der Waals surface area contributed by atoms with Crippen LogP contribution in [0.25, 0.3) is 11.0 Å². The molecule has 0 radical (unpaired) electrons. The Morgan fingerprint density at radius 2 is 1.97 bits per heavy atom. The number of benzene rings is 1. The normalized spacial score (nSPS) is 20.1. The first-order valence-corrected chi connectivity index (χ1v) is 11.3. The van der Waals surface area contributed by atoms with Crippen LogP contribution in [-0.2, 0) is 9.59 Å². The highest BCUT2D eigenvalue weighted by atomic mass is 16.2. The first-order valence-electron chi connectivity index (χ1n) is 11.3. The van der Waals surface area contributed by atoms with Crippen LogP contribution in [-0.4, -0.2) is 44.8 Å². The van der Waals surface area contributed by atoms with E-state index in [1.54, 1.807) is 0 Å². The van der Waals surface area contributed by atoms with Crippen LogP contribution in [0.3, 0.4) is 0 Å². The van der Waals surface area contributed by atoms with Gasteiger partial charge in [0, 0.05) is 13.0 Å². The Hall–Kier alpha value is -2.90. The fraction of sp³-hybridized carbons (Fsp3) is 0.565. The maximum Gasteiger partial charge on any atom is 0.325 e. The highest BCUT2D eigenvalue weighted by Gasteiger charge is 2.51. The topological polar surface area (TPSA) is 107 Å². The van der Waals surface area contributed by atoms with Gasteiger partial charge in [-0.1, -0.05) is 51.7 Å². The van der Waals surface area contributed by atoms with Gasteiger partial charge >= 0.3 is 6.03 Å². The van der Waals surface area contributed by atoms with Crippen molar-refractivity contribution in [3.05, 3.63) is 30.1 Å². The van der Waals surface area contributed by atoms with Gasteiger partial charge in [-0.2, -0.15) is 0 Å². The molecule has 1 aromatic carbocycles. The molecule has 1 saturated heterocycles. The Bertz CT molecular complexity index is 946. The number of aromatic amines is 1. The van der Waals surface area contributed by atoms with E-state index in [-0.39, 0.29) is 42.8 Å². The van der Waals surface area contributed by atoms with Gasteiger partial charge in [0.2, 0.25) is 5.91 Å². The molecule has 2 atom stereocenters. The maximum atomic E-state index is 12.9. The van der Waals surface area contributed by atoms with E-state index < -0.39 is 5.54 Å². The van der Waals surface area contributed by atoms with Crippen molar-refractivity contribution in [1.82, 2.24) is 25.5 Å². The van der Waals surface area contributed by atoms with Gasteiger partial charge in [-0.25, -0.2) is 9.78 Å². The van der Waals surface area contributed by atoms with Crippen LogP contribution in [0.2, 0.25) is 0 Å². The molecule has 1 aliphatic heterocycles. The number of imide groups is 1. The highest BCUT2D eigenvalue weighted by Crippen LogP contribution is 2.33. The second-order valence-electron chi connectivity index (χ2n) is 8.85. The summed E-state index contributed by atoms with van der Waals surface area (Å²) in [6, 6.07) is 7.12. The second-order valence-corrected chi connectivity index (χ2v) is 8.85. The van der Waals surface area contributed by atoms with Crippen molar-refractivity contribution in [1.29, 1.82) is 0 Å². The first kappa shape index (κ1) is 21.3. The maximum absolute atomic E-state index is 12.9. The third kappa shape index (κ3) is 4.16. The van der Waals surface area contributed by atoms with E-state index in [9.17, 15) is 14.4 Å². The zero-order valence-electron chi connectivity index (χ0n) is 18.2. The summed E-state index contributed by atoms with van der Waals surface area (Å²) in [4.78, 5) is 47.3. The number of nitrogens with one attached hydrogen (secondary N) is 3. The zero-order valence-corrected chi connectivity index (χ0v) is 18.2. The number of carbonyl (C=O) groups is 3. The molecular formula is C23H31N5O3. The molecule has 4 amide bonds. The van der Waals surface area contributed by atoms with Crippen molar-refractivity contribution in [3.8, 4) is 0 Å². The van der Waals surface area contributed by atoms with E-state index in [4.69, 9.17) is 0 Å². The lowest BCUT2D eigenvalue weighted by Crippen LogP contribution is -2.48. The van der Waals surface area contributed by atoms with Gasteiger partial charge in [-0.15, -0.1) is 0 Å². The lowest BCUT2D eigenvalue weighted by Gasteiger charge is -2.30. The minimum atomic E-state index is -0.751. The van der Waals surface area contributed by atoms with Crippen molar-refractivity contribution >= 4 is 28.9 Å². The molecule has 8 heteroatoms. The highest BCUT2D eigenvalue weighted by molar-refractivity contribution is 6.07. The molecule has 166 valence electrons. The van der Waals surface area contributed by atoms with Crippen molar-refractivity contribution < 1.29 is 14.4 Å². The van der Waals surface area contributed by atoms with Crippen LogP contribution < -0.4 is 10.6 Å². The quantitative estimate of drug-likeness (QED) is 0.591. The molecule has 8 nitrogen and oxygen atoms in total. The molecule has 2 heterocycles. The Balaban J connectivity index is 1.41. The molecule has 2 aliphatic rings. The molecule has 1 aliphatic carbocycles. The number of hydrogen-bond acceptors (Lipinski definition) is 4. The molecule has 2 aromatic rings. The van der Waals surface area contributed by atoms with Gasteiger partial charge < -0.3 is 15.6 Å². The molecule has 1 spiro atoms. The van der Waals surface area contributed by atoms with Crippen LogP contribution in [0.15, 0.2) is 24.3 Å². The van der Waals surface area contributed by atoms with Crippen molar-refractivity contribution in [2.75, 3.05) is 6.54 Å². The van der Waals surface area contributed by atoms with E-state index >= 15 is 0 Å². The third-order valence-electron chi connectivity index (χ3n) is 6.75. The van der Waals surface area contributed by atoms with Crippen LogP contribution in [0.5, 0.6) is 0 Å². The summed E-state index contributed by atoms with van der Waals surface area (Å²) >= 11 is 0. The monoisotopic (exact) mass is 425 g/mol. The fourth-order valence-corrected chi connectivity index (χ4v) is 4.67. The van der Waals surface area contributed by atoms with E-state index in [0.717, 1.165) is 42.5 Å². The molecular weight excluding hydrogens is 394 g/mol. The molecule has 1 saturated carbocycles. The van der Waals surface area contributed by atoms with Crippen LogP contribution in [0, 0.1) is 5.92 Å². The zero-order chi connectivity index (χ0) is 22.0. The number of H-pyrrole nitrogens is 1. The average Bonchev–Trinajstić information content (AvgIpc) is 3.30. The first-order chi connectivity index (χ1) is 14.9. The minimum Gasteiger partial charge on any atom is -0.346 e. The van der Waals surface area contributed by atoms with Gasteiger partial charge in [-0.05, 0) is 30.9 Å². The van der Waals surface area contributed by atoms with Crippen molar-refractivity contribution in [2.24, 2.45) is 5.92 Å². The van der Waals surface area contributed by atoms with Crippen molar-refractivity contribution in [3.63, 3.8) is 0 Å². The average molecular weight is 426 g/mol. The second kappa shape index (κ2) is 8.69. The van der Waals surface area contributed by atoms with E-state index in [0.29, 0.717) is 12.8 Å². The van der Waals surface area contributed by atoms with Gasteiger partial charge in [0.15, 0.2) is 0 Å². The molecule has 4 rings (SSSR count). The molecule has 2 unspecified atom stereocenters. The summed E-state index contributed by atoms with van der Waals surface area (Å²) in [5, 5.41) is 5.96. The van der Waals surface area contributed by atoms with Gasteiger partial charge in [0.1, 0.15) is 11.4 Å².